The minimum Gasteiger partial charge on any atom is -0.454 e. The lowest BCUT2D eigenvalue weighted by atomic mass is 10.2. The first kappa shape index (κ1) is 15.5. The molecule has 9 heteroatoms. The maximum atomic E-state index is 12.0. The van der Waals surface area contributed by atoms with Gasteiger partial charge in [-0.2, -0.15) is 0 Å². The monoisotopic (exact) mass is 331 g/mol. The summed E-state index contributed by atoms with van der Waals surface area (Å²) < 4.78 is 11.4. The minimum absolute atomic E-state index is 0.168. The Labute approximate surface area is 135 Å². The number of rotatable bonds is 5. The number of carbonyl (C=O) groups is 1. The summed E-state index contributed by atoms with van der Waals surface area (Å²) in [6.45, 7) is 0.102. The predicted octanol–water partition coefficient (Wildman–Crippen LogP) is 0.802. The molecule has 1 aliphatic heterocycles. The molecule has 1 aromatic heterocycles. The SMILES string of the molecule is O=C(Cn1cc([N+](=O)[O-])ccc1=O)NCc1ccc2c(c1)OCO2. The second-order valence-electron chi connectivity index (χ2n) is 5.07. The van der Waals surface area contributed by atoms with Gasteiger partial charge in [0, 0.05) is 18.7 Å². The average molecular weight is 331 g/mol. The fourth-order valence-electron chi connectivity index (χ4n) is 2.21. The molecule has 1 aromatic carbocycles. The van der Waals surface area contributed by atoms with E-state index in [0.29, 0.717) is 11.5 Å². The van der Waals surface area contributed by atoms with E-state index in [0.717, 1.165) is 28.5 Å². The van der Waals surface area contributed by atoms with Crippen molar-refractivity contribution in [2.24, 2.45) is 0 Å². The van der Waals surface area contributed by atoms with Crippen LogP contribution < -0.4 is 20.3 Å². The zero-order valence-electron chi connectivity index (χ0n) is 12.4. The van der Waals surface area contributed by atoms with Crippen molar-refractivity contribution in [3.8, 4) is 11.5 Å². The van der Waals surface area contributed by atoms with Crippen LogP contribution >= 0.6 is 0 Å². The van der Waals surface area contributed by atoms with Gasteiger partial charge in [-0.25, -0.2) is 0 Å². The molecule has 1 aliphatic rings. The molecule has 9 nitrogen and oxygen atoms in total. The first-order valence-electron chi connectivity index (χ1n) is 7.03. The van der Waals surface area contributed by atoms with Crippen LogP contribution in [0.2, 0.25) is 0 Å². The Morgan fingerprint density at radius 3 is 2.83 bits per heavy atom. The van der Waals surface area contributed by atoms with E-state index in [4.69, 9.17) is 9.47 Å². The molecule has 0 radical (unpaired) electrons. The minimum atomic E-state index is -0.625. The van der Waals surface area contributed by atoms with Crippen molar-refractivity contribution in [3.05, 3.63) is 62.6 Å². The quantitative estimate of drug-likeness (QED) is 0.640. The van der Waals surface area contributed by atoms with Crippen LogP contribution in [0.4, 0.5) is 5.69 Å². The third-order valence-corrected chi connectivity index (χ3v) is 3.42. The van der Waals surface area contributed by atoms with Crippen molar-refractivity contribution >= 4 is 11.6 Å². The second-order valence-corrected chi connectivity index (χ2v) is 5.07. The van der Waals surface area contributed by atoms with E-state index < -0.39 is 16.4 Å². The highest BCUT2D eigenvalue weighted by molar-refractivity contribution is 5.75. The normalized spacial score (nSPS) is 12.0. The van der Waals surface area contributed by atoms with Gasteiger partial charge >= 0.3 is 0 Å². The fraction of sp³-hybridized carbons (Fsp3) is 0.200. The summed E-state index contributed by atoms with van der Waals surface area (Å²) in [6, 6.07) is 7.44. The number of nitrogens with zero attached hydrogens (tertiary/aromatic N) is 2. The standard InChI is InChI=1S/C15H13N3O6/c19-14(8-17-7-11(18(21)22)2-4-15(17)20)16-6-10-1-3-12-13(5-10)24-9-23-12/h1-5,7H,6,8-9H2,(H,16,19). The highest BCUT2D eigenvalue weighted by Crippen LogP contribution is 2.32. The first-order chi connectivity index (χ1) is 11.5. The number of carbonyl (C=O) groups excluding carboxylic acids is 1. The van der Waals surface area contributed by atoms with E-state index >= 15 is 0 Å². The molecular formula is C15H13N3O6. The first-order valence-corrected chi connectivity index (χ1v) is 7.03. The summed E-state index contributed by atoms with van der Waals surface area (Å²) >= 11 is 0. The van der Waals surface area contributed by atoms with Crippen LogP contribution in [-0.4, -0.2) is 22.2 Å². The second kappa shape index (κ2) is 6.41. The molecule has 0 atom stereocenters. The number of hydrogen-bond donors (Lipinski definition) is 1. The van der Waals surface area contributed by atoms with E-state index in [1.165, 1.54) is 0 Å². The molecule has 124 valence electrons. The van der Waals surface area contributed by atoms with Crippen molar-refractivity contribution in [1.29, 1.82) is 0 Å². The maximum absolute atomic E-state index is 12.0. The van der Waals surface area contributed by atoms with Gasteiger partial charge in [0.15, 0.2) is 11.5 Å². The molecule has 3 rings (SSSR count). The molecule has 2 aromatic rings. The number of fused-ring (bicyclic) bond motifs is 1. The van der Waals surface area contributed by atoms with E-state index in [1.807, 2.05) is 0 Å². The van der Waals surface area contributed by atoms with Crippen molar-refractivity contribution in [1.82, 2.24) is 9.88 Å². The van der Waals surface area contributed by atoms with Crippen molar-refractivity contribution in [2.75, 3.05) is 6.79 Å². The van der Waals surface area contributed by atoms with Gasteiger partial charge in [-0.1, -0.05) is 6.07 Å². The van der Waals surface area contributed by atoms with Crippen molar-refractivity contribution < 1.29 is 19.2 Å². The molecule has 0 spiro atoms. The Balaban J connectivity index is 1.63. The van der Waals surface area contributed by atoms with Crippen LogP contribution in [0, 0.1) is 10.1 Å². The van der Waals surface area contributed by atoms with Crippen LogP contribution in [0.25, 0.3) is 0 Å². The Morgan fingerprint density at radius 2 is 2.04 bits per heavy atom. The molecule has 24 heavy (non-hydrogen) atoms. The smallest absolute Gasteiger partial charge is 0.285 e. The van der Waals surface area contributed by atoms with Gasteiger partial charge in [0.2, 0.25) is 12.7 Å². The predicted molar refractivity (Wildman–Crippen MR) is 81.8 cm³/mol. The molecule has 2 heterocycles. The van der Waals surface area contributed by atoms with Crippen LogP contribution in [0.5, 0.6) is 11.5 Å². The van der Waals surface area contributed by atoms with E-state index in [9.17, 15) is 19.7 Å². The topological polar surface area (TPSA) is 113 Å². The van der Waals surface area contributed by atoms with Gasteiger partial charge in [-0.3, -0.25) is 24.3 Å². The van der Waals surface area contributed by atoms with Gasteiger partial charge in [0.05, 0.1) is 11.1 Å². The lowest BCUT2D eigenvalue weighted by molar-refractivity contribution is -0.385. The number of nitrogens with one attached hydrogen (secondary N) is 1. The van der Waals surface area contributed by atoms with E-state index in [2.05, 4.69) is 5.32 Å². The number of benzene rings is 1. The number of nitro groups is 1. The average Bonchev–Trinajstić information content (AvgIpc) is 3.02. The third-order valence-electron chi connectivity index (χ3n) is 3.42. The third kappa shape index (κ3) is 3.35. The fourth-order valence-corrected chi connectivity index (χ4v) is 2.21. The molecule has 1 amide bonds. The van der Waals surface area contributed by atoms with Gasteiger partial charge in [-0.15, -0.1) is 0 Å². The number of hydrogen-bond acceptors (Lipinski definition) is 6. The molecule has 0 fully saturated rings. The van der Waals surface area contributed by atoms with Gasteiger partial charge in [-0.05, 0) is 17.7 Å². The highest BCUT2D eigenvalue weighted by Gasteiger charge is 2.14. The Morgan fingerprint density at radius 1 is 1.25 bits per heavy atom. The molecule has 0 bridgehead atoms. The molecule has 0 aliphatic carbocycles. The molecule has 0 unspecified atom stereocenters. The van der Waals surface area contributed by atoms with E-state index in [-0.39, 0.29) is 25.6 Å². The number of pyridine rings is 1. The Kier molecular flexibility index (Phi) is 4.15. The summed E-state index contributed by atoms with van der Waals surface area (Å²) in [4.78, 5) is 33.7. The van der Waals surface area contributed by atoms with Crippen molar-refractivity contribution in [2.45, 2.75) is 13.1 Å². The highest BCUT2D eigenvalue weighted by atomic mass is 16.7. The van der Waals surface area contributed by atoms with E-state index in [1.54, 1.807) is 18.2 Å². The summed E-state index contributed by atoms with van der Waals surface area (Å²) in [5, 5.41) is 13.4. The number of ether oxygens (including phenoxy) is 2. The molecule has 1 N–H and O–H groups in total. The zero-order valence-corrected chi connectivity index (χ0v) is 12.4. The summed E-state index contributed by atoms with van der Waals surface area (Å²) in [5.74, 6) is 0.820. The van der Waals surface area contributed by atoms with Crippen LogP contribution in [0.3, 0.4) is 0 Å². The molecular weight excluding hydrogens is 318 g/mol. The molecule has 0 saturated carbocycles. The van der Waals surface area contributed by atoms with Gasteiger partial charge in [0.25, 0.3) is 11.2 Å². The molecule has 0 saturated heterocycles. The summed E-state index contributed by atoms with van der Waals surface area (Å²) in [6.07, 6.45) is 1.04. The maximum Gasteiger partial charge on any atom is 0.285 e. The summed E-state index contributed by atoms with van der Waals surface area (Å²) in [5.41, 5.74) is 0.0657. The largest absolute Gasteiger partial charge is 0.454 e. The van der Waals surface area contributed by atoms with Crippen LogP contribution in [0.1, 0.15) is 5.56 Å². The number of aromatic nitrogens is 1. The Bertz CT molecular complexity index is 861. The lowest BCUT2D eigenvalue weighted by Crippen LogP contribution is -2.31. The van der Waals surface area contributed by atoms with Gasteiger partial charge in [0.1, 0.15) is 6.54 Å². The Hall–Kier alpha value is -3.36. The lowest BCUT2D eigenvalue weighted by Gasteiger charge is -2.08. The summed E-state index contributed by atoms with van der Waals surface area (Å²) in [7, 11) is 0. The number of amides is 1. The zero-order chi connectivity index (χ0) is 17.1. The van der Waals surface area contributed by atoms with Gasteiger partial charge < -0.3 is 14.8 Å². The van der Waals surface area contributed by atoms with Crippen LogP contribution in [0.15, 0.2) is 41.3 Å². The van der Waals surface area contributed by atoms with Crippen LogP contribution in [-0.2, 0) is 17.9 Å². The van der Waals surface area contributed by atoms with Crippen molar-refractivity contribution in [3.63, 3.8) is 0 Å².